The molecule has 1 aromatic carbocycles. The molecule has 18 heavy (non-hydrogen) atoms. The highest BCUT2D eigenvalue weighted by molar-refractivity contribution is 9.10. The van der Waals surface area contributed by atoms with E-state index in [0.29, 0.717) is 17.9 Å². The molecule has 0 radical (unpaired) electrons. The summed E-state index contributed by atoms with van der Waals surface area (Å²) in [4.78, 5) is 0. The van der Waals surface area contributed by atoms with E-state index in [2.05, 4.69) is 21.4 Å². The Hall–Kier alpha value is -0.490. The molecule has 1 saturated heterocycles. The maximum absolute atomic E-state index is 13.7. The molecule has 3 atom stereocenters. The van der Waals surface area contributed by atoms with E-state index in [1.54, 1.807) is 12.1 Å². The number of nitrogens with two attached hydrogens (primary N) is 1. The van der Waals surface area contributed by atoms with Gasteiger partial charge in [-0.2, -0.15) is 0 Å². The molecular formula is C13H18BrFN2O. The lowest BCUT2D eigenvalue weighted by molar-refractivity contribution is 0.0953. The topological polar surface area (TPSA) is 47.3 Å². The van der Waals surface area contributed by atoms with Gasteiger partial charge in [0.1, 0.15) is 5.82 Å². The summed E-state index contributed by atoms with van der Waals surface area (Å²) < 4.78 is 20.2. The van der Waals surface area contributed by atoms with Crippen molar-refractivity contribution in [1.82, 2.24) is 5.43 Å². The first-order valence-corrected chi connectivity index (χ1v) is 6.92. The van der Waals surface area contributed by atoms with E-state index in [4.69, 9.17) is 10.6 Å². The second kappa shape index (κ2) is 6.10. The number of rotatable bonds is 4. The van der Waals surface area contributed by atoms with Crippen molar-refractivity contribution in [2.24, 2.45) is 11.8 Å². The number of nitrogens with one attached hydrogen (secondary N) is 1. The van der Waals surface area contributed by atoms with E-state index in [9.17, 15) is 4.39 Å². The summed E-state index contributed by atoms with van der Waals surface area (Å²) in [6.07, 6.45) is 1.70. The number of halogens is 2. The summed E-state index contributed by atoms with van der Waals surface area (Å²) in [7, 11) is 0. The lowest BCUT2D eigenvalue weighted by Gasteiger charge is -2.25. The van der Waals surface area contributed by atoms with E-state index < -0.39 is 0 Å². The lowest BCUT2D eigenvalue weighted by Crippen LogP contribution is -2.44. The maximum Gasteiger partial charge on any atom is 0.126 e. The Morgan fingerprint density at radius 3 is 3.00 bits per heavy atom. The average molecular weight is 317 g/mol. The predicted octanol–water partition coefficient (Wildman–Crippen LogP) is 2.39. The number of hydrazine groups is 1. The van der Waals surface area contributed by atoms with Crippen LogP contribution < -0.4 is 11.3 Å². The molecule has 1 aliphatic rings. The molecule has 1 fully saturated rings. The van der Waals surface area contributed by atoms with Crippen LogP contribution >= 0.6 is 15.9 Å². The molecule has 1 heterocycles. The summed E-state index contributed by atoms with van der Waals surface area (Å²) in [5, 5.41) is 0. The van der Waals surface area contributed by atoms with Crippen LogP contribution in [0, 0.1) is 11.7 Å². The fourth-order valence-corrected chi connectivity index (χ4v) is 2.96. The van der Waals surface area contributed by atoms with Crippen molar-refractivity contribution < 1.29 is 9.13 Å². The van der Waals surface area contributed by atoms with Gasteiger partial charge >= 0.3 is 0 Å². The van der Waals surface area contributed by atoms with Crippen LogP contribution in [0.3, 0.4) is 0 Å². The highest BCUT2D eigenvalue weighted by atomic mass is 79.9. The Balaban J connectivity index is 2.12. The van der Waals surface area contributed by atoms with Gasteiger partial charge in [-0.15, -0.1) is 0 Å². The summed E-state index contributed by atoms with van der Waals surface area (Å²) in [6, 6.07) is 5.01. The highest BCUT2D eigenvalue weighted by Gasteiger charge is 2.31. The van der Waals surface area contributed by atoms with Gasteiger partial charge in [0.05, 0.1) is 6.10 Å². The summed E-state index contributed by atoms with van der Waals surface area (Å²) >= 11 is 3.36. The number of benzene rings is 1. The van der Waals surface area contributed by atoms with Crippen molar-refractivity contribution in [3.05, 3.63) is 34.1 Å². The van der Waals surface area contributed by atoms with Gasteiger partial charge in [0.2, 0.25) is 0 Å². The van der Waals surface area contributed by atoms with Crippen LogP contribution in [0.1, 0.15) is 18.9 Å². The van der Waals surface area contributed by atoms with E-state index >= 15 is 0 Å². The Bertz CT molecular complexity index is 416. The zero-order chi connectivity index (χ0) is 13.1. The van der Waals surface area contributed by atoms with E-state index in [0.717, 1.165) is 17.5 Å². The van der Waals surface area contributed by atoms with E-state index in [1.165, 1.54) is 6.07 Å². The highest BCUT2D eigenvalue weighted by Crippen LogP contribution is 2.27. The van der Waals surface area contributed by atoms with Crippen LogP contribution in [0.25, 0.3) is 0 Å². The van der Waals surface area contributed by atoms with Crippen molar-refractivity contribution in [2.75, 3.05) is 6.61 Å². The fraction of sp³-hybridized carbons (Fsp3) is 0.538. The van der Waals surface area contributed by atoms with Crippen LogP contribution in [-0.2, 0) is 11.2 Å². The van der Waals surface area contributed by atoms with Crippen LogP contribution in [-0.4, -0.2) is 18.8 Å². The Morgan fingerprint density at radius 2 is 2.39 bits per heavy atom. The largest absolute Gasteiger partial charge is 0.378 e. The molecule has 0 spiro atoms. The minimum Gasteiger partial charge on any atom is -0.378 e. The molecule has 3 N–H and O–H groups in total. The van der Waals surface area contributed by atoms with Crippen molar-refractivity contribution in [2.45, 2.75) is 31.9 Å². The van der Waals surface area contributed by atoms with Gasteiger partial charge in [-0.05, 0) is 43.5 Å². The van der Waals surface area contributed by atoms with Gasteiger partial charge in [0.25, 0.3) is 0 Å². The molecule has 0 saturated carbocycles. The first-order chi connectivity index (χ1) is 8.61. The zero-order valence-corrected chi connectivity index (χ0v) is 11.9. The minimum atomic E-state index is -0.190. The van der Waals surface area contributed by atoms with Gasteiger partial charge < -0.3 is 4.74 Å². The summed E-state index contributed by atoms with van der Waals surface area (Å²) in [5.41, 5.74) is 3.48. The van der Waals surface area contributed by atoms with Crippen molar-refractivity contribution in [1.29, 1.82) is 0 Å². The standard InChI is InChI=1S/C13H18BrFN2O/c1-8-11(4-5-18-8)13(17-16)7-9-6-10(14)2-3-12(9)15/h2-3,6,8,11,13,17H,4-5,7,16H2,1H3. The number of hydrogen-bond donors (Lipinski definition) is 2. The molecular weight excluding hydrogens is 299 g/mol. The molecule has 3 unspecified atom stereocenters. The molecule has 100 valence electrons. The third kappa shape index (κ3) is 3.09. The lowest BCUT2D eigenvalue weighted by atomic mass is 9.89. The van der Waals surface area contributed by atoms with Gasteiger partial charge in [-0.1, -0.05) is 15.9 Å². The molecule has 2 rings (SSSR count). The normalized spacial score (nSPS) is 25.3. The Kier molecular flexibility index (Phi) is 4.72. The van der Waals surface area contributed by atoms with Crippen molar-refractivity contribution >= 4 is 15.9 Å². The zero-order valence-electron chi connectivity index (χ0n) is 10.3. The van der Waals surface area contributed by atoms with E-state index in [-0.39, 0.29) is 18.0 Å². The molecule has 1 aliphatic heterocycles. The second-order valence-corrected chi connectivity index (χ2v) is 5.66. The summed E-state index contributed by atoms with van der Waals surface area (Å²) in [5.74, 6) is 5.75. The fourth-order valence-electron chi connectivity index (χ4n) is 2.55. The minimum absolute atomic E-state index is 0.0336. The first kappa shape index (κ1) is 13.9. The second-order valence-electron chi connectivity index (χ2n) is 4.74. The van der Waals surface area contributed by atoms with Gasteiger partial charge in [-0.25, -0.2) is 4.39 Å². The average Bonchev–Trinajstić information content (AvgIpc) is 2.77. The van der Waals surface area contributed by atoms with Crippen molar-refractivity contribution in [3.8, 4) is 0 Å². The third-order valence-electron chi connectivity index (χ3n) is 3.61. The predicted molar refractivity (Wildman–Crippen MR) is 72.4 cm³/mol. The molecule has 0 amide bonds. The van der Waals surface area contributed by atoms with Crippen LogP contribution in [0.15, 0.2) is 22.7 Å². The van der Waals surface area contributed by atoms with Gasteiger partial charge in [-0.3, -0.25) is 11.3 Å². The van der Waals surface area contributed by atoms with Gasteiger partial charge in [0.15, 0.2) is 0 Å². The summed E-state index contributed by atoms with van der Waals surface area (Å²) in [6.45, 7) is 2.80. The molecule has 0 bridgehead atoms. The molecule has 0 aliphatic carbocycles. The SMILES string of the molecule is CC1OCCC1C(Cc1cc(Br)ccc1F)NN. The third-order valence-corrected chi connectivity index (χ3v) is 4.11. The maximum atomic E-state index is 13.7. The smallest absolute Gasteiger partial charge is 0.126 e. The van der Waals surface area contributed by atoms with Crippen molar-refractivity contribution in [3.63, 3.8) is 0 Å². The first-order valence-electron chi connectivity index (χ1n) is 6.13. The quantitative estimate of drug-likeness (QED) is 0.662. The van der Waals surface area contributed by atoms with Crippen LogP contribution in [0.2, 0.25) is 0 Å². The van der Waals surface area contributed by atoms with Crippen LogP contribution in [0.4, 0.5) is 4.39 Å². The molecule has 1 aromatic rings. The Morgan fingerprint density at radius 1 is 1.61 bits per heavy atom. The Labute approximate surface area is 115 Å². The van der Waals surface area contributed by atoms with E-state index in [1.807, 2.05) is 6.92 Å². The van der Waals surface area contributed by atoms with Gasteiger partial charge in [0, 0.05) is 23.0 Å². The number of ether oxygens (including phenoxy) is 1. The van der Waals surface area contributed by atoms with Crippen LogP contribution in [0.5, 0.6) is 0 Å². The molecule has 3 nitrogen and oxygen atoms in total. The molecule has 5 heteroatoms. The molecule has 0 aromatic heterocycles. The number of hydrogen-bond acceptors (Lipinski definition) is 3. The monoisotopic (exact) mass is 316 g/mol.